The molecule has 2 aromatic carbocycles. The summed E-state index contributed by atoms with van der Waals surface area (Å²) in [6.07, 6.45) is 0.808. The summed E-state index contributed by atoms with van der Waals surface area (Å²) in [4.78, 5) is 37.8. The van der Waals surface area contributed by atoms with Crippen molar-refractivity contribution in [3.05, 3.63) is 65.2 Å². The van der Waals surface area contributed by atoms with Crippen molar-refractivity contribution in [2.75, 3.05) is 11.9 Å². The monoisotopic (exact) mass is 381 g/mol. The van der Waals surface area contributed by atoms with Crippen molar-refractivity contribution < 1.29 is 14.4 Å². The van der Waals surface area contributed by atoms with Crippen LogP contribution in [0.2, 0.25) is 0 Å². The molecule has 0 aromatic heterocycles. The van der Waals surface area contributed by atoms with Gasteiger partial charge in [-0.05, 0) is 42.4 Å². The van der Waals surface area contributed by atoms with Gasteiger partial charge >= 0.3 is 0 Å². The fourth-order valence-electron chi connectivity index (χ4n) is 2.95. The molecule has 0 fully saturated rings. The van der Waals surface area contributed by atoms with Gasteiger partial charge in [-0.15, -0.1) is 0 Å². The second-order valence-electron chi connectivity index (χ2n) is 6.07. The Morgan fingerprint density at radius 2 is 1.59 bits per heavy atom. The molecule has 3 rings (SSSR count). The van der Waals surface area contributed by atoms with Gasteiger partial charge in [-0.3, -0.25) is 19.3 Å². The van der Waals surface area contributed by atoms with Gasteiger partial charge in [-0.1, -0.05) is 37.3 Å². The average molecular weight is 381 g/mol. The van der Waals surface area contributed by atoms with Crippen LogP contribution >= 0.6 is 12.2 Å². The predicted molar refractivity (Wildman–Crippen MR) is 107 cm³/mol. The molecule has 3 amide bonds. The molecular formula is C20H19N3O3S. The second-order valence-corrected chi connectivity index (χ2v) is 6.48. The number of nitrogens with zero attached hydrogens (tertiary/aromatic N) is 1. The van der Waals surface area contributed by atoms with Gasteiger partial charge in [0.05, 0.1) is 11.1 Å². The molecule has 0 saturated carbocycles. The highest BCUT2D eigenvalue weighted by molar-refractivity contribution is 7.80. The van der Waals surface area contributed by atoms with Gasteiger partial charge in [0.15, 0.2) is 5.11 Å². The Morgan fingerprint density at radius 1 is 1.00 bits per heavy atom. The van der Waals surface area contributed by atoms with Crippen LogP contribution in [-0.2, 0) is 11.2 Å². The van der Waals surface area contributed by atoms with Gasteiger partial charge in [0, 0.05) is 18.7 Å². The minimum absolute atomic E-state index is 0.00629. The van der Waals surface area contributed by atoms with Gasteiger partial charge in [0.25, 0.3) is 11.8 Å². The van der Waals surface area contributed by atoms with Gasteiger partial charge in [-0.25, -0.2) is 0 Å². The lowest BCUT2D eigenvalue weighted by molar-refractivity contribution is -0.119. The number of para-hydroxylation sites is 1. The highest BCUT2D eigenvalue weighted by Crippen LogP contribution is 2.22. The Bertz CT molecular complexity index is 891. The zero-order chi connectivity index (χ0) is 19.4. The van der Waals surface area contributed by atoms with E-state index in [0.29, 0.717) is 11.1 Å². The van der Waals surface area contributed by atoms with Crippen molar-refractivity contribution in [1.82, 2.24) is 10.2 Å². The van der Waals surface area contributed by atoms with E-state index < -0.39 is 0 Å². The average Bonchev–Trinajstić information content (AvgIpc) is 2.91. The molecule has 0 saturated heterocycles. The Kier molecular flexibility index (Phi) is 5.61. The number of hydrogen-bond donors (Lipinski definition) is 2. The van der Waals surface area contributed by atoms with Crippen LogP contribution < -0.4 is 10.6 Å². The minimum atomic E-state index is -0.374. The molecule has 7 heteroatoms. The van der Waals surface area contributed by atoms with Gasteiger partial charge in [-0.2, -0.15) is 0 Å². The lowest BCUT2D eigenvalue weighted by atomic mass is 10.1. The van der Waals surface area contributed by atoms with E-state index in [-0.39, 0.29) is 35.8 Å². The molecular weight excluding hydrogens is 362 g/mol. The van der Waals surface area contributed by atoms with E-state index in [4.69, 9.17) is 12.2 Å². The van der Waals surface area contributed by atoms with E-state index in [9.17, 15) is 14.4 Å². The van der Waals surface area contributed by atoms with Crippen LogP contribution in [0.15, 0.2) is 48.5 Å². The number of imide groups is 1. The molecule has 0 bridgehead atoms. The molecule has 2 aromatic rings. The molecule has 138 valence electrons. The molecule has 2 N–H and O–H groups in total. The van der Waals surface area contributed by atoms with Crippen LogP contribution in [0.5, 0.6) is 0 Å². The first-order chi connectivity index (χ1) is 13.0. The third-order valence-electron chi connectivity index (χ3n) is 4.34. The maximum Gasteiger partial charge on any atom is 0.261 e. The molecule has 0 atom stereocenters. The summed E-state index contributed by atoms with van der Waals surface area (Å²) in [5, 5.41) is 5.77. The van der Waals surface area contributed by atoms with Crippen LogP contribution in [0.1, 0.15) is 39.6 Å². The molecule has 6 nitrogen and oxygen atoms in total. The van der Waals surface area contributed by atoms with Gasteiger partial charge in [0.2, 0.25) is 5.91 Å². The van der Waals surface area contributed by atoms with Crippen LogP contribution in [0.25, 0.3) is 0 Å². The Hall–Kier alpha value is -3.06. The summed E-state index contributed by atoms with van der Waals surface area (Å²) in [6.45, 7) is 2.04. The number of rotatable bonds is 5. The van der Waals surface area contributed by atoms with Crippen LogP contribution in [0, 0.1) is 0 Å². The summed E-state index contributed by atoms with van der Waals surface area (Å²) < 4.78 is 0. The number of amides is 3. The number of hydrogen-bond acceptors (Lipinski definition) is 4. The highest BCUT2D eigenvalue weighted by Gasteiger charge is 2.34. The van der Waals surface area contributed by atoms with Crippen molar-refractivity contribution in [3.8, 4) is 0 Å². The normalized spacial score (nSPS) is 12.7. The predicted octanol–water partition coefficient (Wildman–Crippen LogP) is 2.75. The van der Waals surface area contributed by atoms with Crippen LogP contribution in [0.4, 0.5) is 5.69 Å². The second kappa shape index (κ2) is 8.09. The first-order valence-electron chi connectivity index (χ1n) is 8.65. The summed E-state index contributed by atoms with van der Waals surface area (Å²) in [6, 6.07) is 14.3. The van der Waals surface area contributed by atoms with E-state index >= 15 is 0 Å². The van der Waals surface area contributed by atoms with Crippen molar-refractivity contribution in [2.45, 2.75) is 19.8 Å². The lowest BCUT2D eigenvalue weighted by Gasteiger charge is -2.15. The summed E-state index contributed by atoms with van der Waals surface area (Å²) in [5.41, 5.74) is 2.67. The van der Waals surface area contributed by atoms with E-state index in [1.807, 2.05) is 31.2 Å². The topological polar surface area (TPSA) is 78.5 Å². The number of fused-ring (bicyclic) bond motifs is 1. The Balaban J connectivity index is 1.54. The molecule has 0 aliphatic carbocycles. The van der Waals surface area contributed by atoms with Gasteiger partial charge in [0.1, 0.15) is 0 Å². The number of carbonyl (C=O) groups is 3. The summed E-state index contributed by atoms with van der Waals surface area (Å²) in [5.74, 6) is -1.11. The smallest absolute Gasteiger partial charge is 0.261 e. The zero-order valence-electron chi connectivity index (χ0n) is 14.8. The number of benzene rings is 2. The fourth-order valence-corrected chi connectivity index (χ4v) is 3.17. The Morgan fingerprint density at radius 3 is 2.22 bits per heavy atom. The molecule has 0 unspecified atom stereocenters. The molecule has 27 heavy (non-hydrogen) atoms. The van der Waals surface area contributed by atoms with Crippen LogP contribution in [-0.4, -0.2) is 34.3 Å². The van der Waals surface area contributed by atoms with E-state index in [0.717, 1.165) is 22.6 Å². The Labute approximate surface area is 162 Å². The van der Waals surface area contributed by atoms with Crippen molar-refractivity contribution >= 4 is 40.7 Å². The molecule has 1 heterocycles. The van der Waals surface area contributed by atoms with Crippen molar-refractivity contribution in [3.63, 3.8) is 0 Å². The maximum absolute atomic E-state index is 12.3. The number of nitrogens with one attached hydrogen (secondary N) is 2. The minimum Gasteiger partial charge on any atom is -0.332 e. The van der Waals surface area contributed by atoms with E-state index in [2.05, 4.69) is 10.6 Å². The largest absolute Gasteiger partial charge is 0.332 e. The number of anilines is 1. The first-order valence-corrected chi connectivity index (χ1v) is 9.06. The van der Waals surface area contributed by atoms with Crippen LogP contribution in [0.3, 0.4) is 0 Å². The number of aryl methyl sites for hydroxylation is 1. The molecule has 1 aliphatic heterocycles. The third kappa shape index (κ3) is 4.03. The number of thiocarbonyl (C=S) groups is 1. The first kappa shape index (κ1) is 18.7. The maximum atomic E-state index is 12.3. The standard InChI is InChI=1S/C20H19N3O3S/c1-2-13-7-3-6-10-16(13)21-20(27)22-17(24)11-12-23-18(25)14-8-4-5-9-15(14)19(23)26/h3-10H,2,11-12H2,1H3,(H2,21,22,24,27). The third-order valence-corrected chi connectivity index (χ3v) is 4.54. The molecule has 1 aliphatic rings. The summed E-state index contributed by atoms with van der Waals surface area (Å²) >= 11 is 5.18. The fraction of sp³-hybridized carbons (Fsp3) is 0.200. The molecule has 0 radical (unpaired) electrons. The highest BCUT2D eigenvalue weighted by atomic mass is 32.1. The number of carbonyl (C=O) groups excluding carboxylic acids is 3. The SMILES string of the molecule is CCc1ccccc1NC(=S)NC(=O)CCN1C(=O)c2ccccc2C1=O. The summed E-state index contributed by atoms with van der Waals surface area (Å²) in [7, 11) is 0. The van der Waals surface area contributed by atoms with Crippen molar-refractivity contribution in [2.24, 2.45) is 0 Å². The van der Waals surface area contributed by atoms with E-state index in [1.165, 1.54) is 0 Å². The van der Waals surface area contributed by atoms with Crippen molar-refractivity contribution in [1.29, 1.82) is 0 Å². The van der Waals surface area contributed by atoms with Gasteiger partial charge < -0.3 is 10.6 Å². The zero-order valence-corrected chi connectivity index (χ0v) is 15.6. The lowest BCUT2D eigenvalue weighted by Crippen LogP contribution is -2.38. The molecule has 0 spiro atoms. The van der Waals surface area contributed by atoms with E-state index in [1.54, 1.807) is 24.3 Å². The quantitative estimate of drug-likeness (QED) is 0.615.